The minimum absolute atomic E-state index is 0.0440. The summed E-state index contributed by atoms with van der Waals surface area (Å²) in [5.74, 6) is -0.854. The van der Waals surface area contributed by atoms with Crippen molar-refractivity contribution in [3.63, 3.8) is 0 Å². The molecule has 8 heteroatoms. The first kappa shape index (κ1) is 19.4. The van der Waals surface area contributed by atoms with Gasteiger partial charge in [0.05, 0.1) is 30.2 Å². The maximum atomic E-state index is 13.1. The predicted octanol–water partition coefficient (Wildman–Crippen LogP) is 2.96. The Balaban J connectivity index is 1.98. The van der Waals surface area contributed by atoms with Gasteiger partial charge in [-0.25, -0.2) is 13.2 Å². The van der Waals surface area contributed by atoms with Crippen LogP contribution in [0.5, 0.6) is 0 Å². The summed E-state index contributed by atoms with van der Waals surface area (Å²) in [6, 6.07) is 12.3. The first-order chi connectivity index (χ1) is 12.8. The monoisotopic (exact) mass is 407 g/mol. The molecule has 1 saturated heterocycles. The summed E-state index contributed by atoms with van der Waals surface area (Å²) in [6.07, 6.45) is 0.362. The van der Waals surface area contributed by atoms with Gasteiger partial charge >= 0.3 is 5.97 Å². The lowest BCUT2D eigenvalue weighted by Crippen LogP contribution is -2.41. The summed E-state index contributed by atoms with van der Waals surface area (Å²) in [6.45, 7) is 0. The molecule has 1 unspecified atom stereocenters. The maximum Gasteiger partial charge on any atom is 0.337 e. The van der Waals surface area contributed by atoms with Gasteiger partial charge in [-0.2, -0.15) is 0 Å². The van der Waals surface area contributed by atoms with Crippen molar-refractivity contribution in [2.24, 2.45) is 0 Å². The van der Waals surface area contributed by atoms with E-state index >= 15 is 0 Å². The molecule has 2 aromatic rings. The Hall–Kier alpha value is -2.38. The van der Waals surface area contributed by atoms with E-state index in [1.54, 1.807) is 48.5 Å². The fourth-order valence-corrected chi connectivity index (χ4v) is 4.91. The van der Waals surface area contributed by atoms with Gasteiger partial charge in [-0.15, -0.1) is 0 Å². The van der Waals surface area contributed by atoms with Crippen LogP contribution in [0.4, 0.5) is 5.69 Å². The number of halogens is 1. The van der Waals surface area contributed by atoms with Gasteiger partial charge in [-0.1, -0.05) is 11.6 Å². The maximum absolute atomic E-state index is 13.1. The van der Waals surface area contributed by atoms with Crippen molar-refractivity contribution in [3.05, 3.63) is 64.7 Å². The zero-order valence-corrected chi connectivity index (χ0v) is 16.2. The van der Waals surface area contributed by atoms with Crippen molar-refractivity contribution in [2.45, 2.75) is 12.5 Å². The fraction of sp³-hybridized carbons (Fsp3) is 0.263. The molecule has 1 fully saturated rings. The van der Waals surface area contributed by atoms with Crippen molar-refractivity contribution in [3.8, 4) is 0 Å². The Bertz CT molecular complexity index is 955. The third kappa shape index (κ3) is 4.31. The number of sulfone groups is 1. The van der Waals surface area contributed by atoms with Gasteiger partial charge in [0.15, 0.2) is 9.84 Å². The number of methoxy groups -OCH3 is 1. The van der Waals surface area contributed by atoms with E-state index in [1.165, 1.54) is 12.0 Å². The lowest BCUT2D eigenvalue weighted by atomic mass is 10.1. The summed E-state index contributed by atoms with van der Waals surface area (Å²) in [5.41, 5.74) is 1.27. The van der Waals surface area contributed by atoms with E-state index in [0.717, 1.165) is 0 Å². The topological polar surface area (TPSA) is 80.8 Å². The Morgan fingerprint density at radius 3 is 2.15 bits per heavy atom. The molecule has 0 aromatic heterocycles. The molecule has 3 rings (SSSR count). The molecule has 0 aliphatic carbocycles. The standard InChI is InChI=1S/C19H18ClNO5S/c1-26-19(23)14-4-8-16(9-5-14)21(17-10-11-27(24,25)12-17)18(22)13-2-6-15(20)7-3-13/h2-9,17H,10-12H2,1H3. The molecule has 1 aliphatic heterocycles. The highest BCUT2D eigenvalue weighted by Crippen LogP contribution is 2.27. The highest BCUT2D eigenvalue weighted by atomic mass is 35.5. The summed E-state index contributed by atoms with van der Waals surface area (Å²) >= 11 is 5.89. The SMILES string of the molecule is COC(=O)c1ccc(N(C(=O)c2ccc(Cl)cc2)C2CCS(=O)(=O)C2)cc1. The first-order valence-corrected chi connectivity index (χ1v) is 10.5. The van der Waals surface area contributed by atoms with Crippen molar-refractivity contribution < 1.29 is 22.7 Å². The minimum Gasteiger partial charge on any atom is -0.465 e. The first-order valence-electron chi connectivity index (χ1n) is 8.28. The average Bonchev–Trinajstić information content (AvgIpc) is 3.01. The van der Waals surface area contributed by atoms with E-state index in [-0.39, 0.29) is 17.4 Å². The van der Waals surface area contributed by atoms with Crippen LogP contribution in [0.2, 0.25) is 5.02 Å². The quantitative estimate of drug-likeness (QED) is 0.728. The highest BCUT2D eigenvalue weighted by Gasteiger charge is 2.36. The average molecular weight is 408 g/mol. The van der Waals surface area contributed by atoms with Crippen LogP contribution in [0, 0.1) is 0 Å². The van der Waals surface area contributed by atoms with Gasteiger partial charge in [-0.05, 0) is 55.0 Å². The van der Waals surface area contributed by atoms with Crippen LogP contribution < -0.4 is 4.90 Å². The van der Waals surface area contributed by atoms with Crippen molar-refractivity contribution >= 4 is 39.0 Å². The smallest absolute Gasteiger partial charge is 0.337 e. The van der Waals surface area contributed by atoms with E-state index in [0.29, 0.717) is 28.3 Å². The lowest BCUT2D eigenvalue weighted by Gasteiger charge is -2.28. The number of rotatable bonds is 4. The largest absolute Gasteiger partial charge is 0.465 e. The second kappa shape index (κ2) is 7.70. The summed E-state index contributed by atoms with van der Waals surface area (Å²) in [4.78, 5) is 26.2. The van der Waals surface area contributed by atoms with Crippen LogP contribution in [0.1, 0.15) is 27.1 Å². The van der Waals surface area contributed by atoms with Crippen LogP contribution >= 0.6 is 11.6 Å². The van der Waals surface area contributed by atoms with Crippen LogP contribution in [-0.4, -0.2) is 45.0 Å². The molecule has 1 aliphatic rings. The van der Waals surface area contributed by atoms with Crippen molar-refractivity contribution in [2.75, 3.05) is 23.5 Å². The summed E-state index contributed by atoms with van der Waals surface area (Å²) < 4.78 is 28.6. The predicted molar refractivity (Wildman–Crippen MR) is 103 cm³/mol. The number of anilines is 1. The molecule has 2 aromatic carbocycles. The molecule has 6 nitrogen and oxygen atoms in total. The van der Waals surface area contributed by atoms with Gasteiger partial charge < -0.3 is 9.64 Å². The fourth-order valence-electron chi connectivity index (χ4n) is 3.08. The molecule has 0 radical (unpaired) electrons. The van der Waals surface area contributed by atoms with E-state index < -0.39 is 21.8 Å². The molecule has 0 bridgehead atoms. The molecular weight excluding hydrogens is 390 g/mol. The molecule has 0 N–H and O–H groups in total. The van der Waals surface area contributed by atoms with Crippen molar-refractivity contribution in [1.82, 2.24) is 0 Å². The number of carbonyl (C=O) groups is 2. The summed E-state index contributed by atoms with van der Waals surface area (Å²) in [7, 11) is -1.90. The number of amides is 1. The number of hydrogen-bond donors (Lipinski definition) is 0. The van der Waals surface area contributed by atoms with Crippen molar-refractivity contribution in [1.29, 1.82) is 0 Å². The van der Waals surface area contributed by atoms with Gasteiger partial charge in [0.1, 0.15) is 0 Å². The Morgan fingerprint density at radius 2 is 1.63 bits per heavy atom. The Labute approximate surface area is 162 Å². The number of carbonyl (C=O) groups excluding carboxylic acids is 2. The zero-order chi connectivity index (χ0) is 19.6. The normalized spacial score (nSPS) is 18.1. The second-order valence-electron chi connectivity index (χ2n) is 6.28. The number of esters is 1. The van der Waals surface area contributed by atoms with E-state index in [9.17, 15) is 18.0 Å². The molecule has 0 saturated carbocycles. The minimum atomic E-state index is -3.19. The van der Waals surface area contributed by atoms with E-state index in [2.05, 4.69) is 4.74 Å². The zero-order valence-electron chi connectivity index (χ0n) is 14.6. The third-order valence-corrected chi connectivity index (χ3v) is 6.45. The Morgan fingerprint density at radius 1 is 1.04 bits per heavy atom. The molecule has 27 heavy (non-hydrogen) atoms. The third-order valence-electron chi connectivity index (χ3n) is 4.45. The molecule has 0 spiro atoms. The van der Waals surface area contributed by atoms with Crippen LogP contribution in [0.15, 0.2) is 48.5 Å². The molecule has 142 valence electrons. The lowest BCUT2D eigenvalue weighted by molar-refractivity contribution is 0.0600. The van der Waals surface area contributed by atoms with Gasteiger partial charge in [0.2, 0.25) is 0 Å². The molecular formula is C19H18ClNO5S. The van der Waals surface area contributed by atoms with Crippen LogP contribution in [0.25, 0.3) is 0 Å². The van der Waals surface area contributed by atoms with Gasteiger partial charge in [0.25, 0.3) is 5.91 Å². The number of nitrogens with zero attached hydrogens (tertiary/aromatic N) is 1. The molecule has 1 amide bonds. The number of benzene rings is 2. The Kier molecular flexibility index (Phi) is 5.53. The second-order valence-corrected chi connectivity index (χ2v) is 8.94. The highest BCUT2D eigenvalue weighted by molar-refractivity contribution is 7.91. The van der Waals surface area contributed by atoms with E-state index in [1.807, 2.05) is 0 Å². The van der Waals surface area contributed by atoms with Gasteiger partial charge in [0, 0.05) is 16.3 Å². The number of hydrogen-bond acceptors (Lipinski definition) is 5. The van der Waals surface area contributed by atoms with Gasteiger partial charge in [-0.3, -0.25) is 4.79 Å². The number of ether oxygens (including phenoxy) is 1. The van der Waals surface area contributed by atoms with Crippen LogP contribution in [0.3, 0.4) is 0 Å². The molecule has 1 atom stereocenters. The van der Waals surface area contributed by atoms with Crippen LogP contribution in [-0.2, 0) is 14.6 Å². The molecule has 1 heterocycles. The summed E-state index contributed by atoms with van der Waals surface area (Å²) in [5, 5.41) is 0.504. The van der Waals surface area contributed by atoms with E-state index in [4.69, 9.17) is 11.6 Å².